The summed E-state index contributed by atoms with van der Waals surface area (Å²) >= 11 is 1.63. The van der Waals surface area contributed by atoms with Crippen molar-refractivity contribution in [2.24, 2.45) is 0 Å². The van der Waals surface area contributed by atoms with Crippen LogP contribution in [0.3, 0.4) is 0 Å². The second-order valence-electron chi connectivity index (χ2n) is 6.61. The van der Waals surface area contributed by atoms with E-state index in [1.807, 2.05) is 36.6 Å². The van der Waals surface area contributed by atoms with Crippen molar-refractivity contribution in [2.75, 3.05) is 0 Å². The third-order valence-electron chi connectivity index (χ3n) is 4.85. The van der Waals surface area contributed by atoms with Crippen LogP contribution >= 0.6 is 36.2 Å². The van der Waals surface area contributed by atoms with Crippen molar-refractivity contribution in [1.82, 2.24) is 15.6 Å². The molecule has 2 aromatic rings. The fourth-order valence-corrected chi connectivity index (χ4v) is 4.38. The zero-order chi connectivity index (χ0) is 15.8. The van der Waals surface area contributed by atoms with Gasteiger partial charge >= 0.3 is 0 Å². The maximum atomic E-state index is 12.6. The van der Waals surface area contributed by atoms with E-state index >= 15 is 0 Å². The van der Waals surface area contributed by atoms with Gasteiger partial charge in [-0.15, -0.1) is 36.2 Å². The second-order valence-corrected chi connectivity index (χ2v) is 7.67. The van der Waals surface area contributed by atoms with Crippen LogP contribution < -0.4 is 10.6 Å². The number of aryl methyl sites for hydroxylation is 1. The Bertz CT molecular complexity index is 725. The molecule has 25 heavy (non-hydrogen) atoms. The fourth-order valence-electron chi connectivity index (χ4n) is 3.76. The van der Waals surface area contributed by atoms with Crippen molar-refractivity contribution in [3.8, 4) is 11.3 Å². The average molecular weight is 400 g/mol. The maximum Gasteiger partial charge on any atom is 0.251 e. The Hall–Kier alpha value is -1.14. The van der Waals surface area contributed by atoms with Crippen LogP contribution in [0.25, 0.3) is 11.3 Å². The summed E-state index contributed by atoms with van der Waals surface area (Å²) in [5, 5.41) is 9.91. The minimum absolute atomic E-state index is 0. The number of hydrogen-bond acceptors (Lipinski definition) is 4. The highest BCUT2D eigenvalue weighted by Crippen LogP contribution is 2.27. The van der Waals surface area contributed by atoms with E-state index in [2.05, 4.69) is 15.6 Å². The molecule has 0 saturated carbocycles. The van der Waals surface area contributed by atoms with Gasteiger partial charge in [0.05, 0.1) is 10.7 Å². The van der Waals surface area contributed by atoms with Crippen molar-refractivity contribution >= 4 is 42.1 Å². The standard InChI is InChI=1S/C18H21N3OS.2ClH/c1-11-19-17(10-23-11)12-3-2-4-13(7-12)18(22)21-16-8-14-5-6-15(9-16)20-14;;/h2-4,7,10,14-16,20H,5-6,8-9H2,1H3,(H,21,22);2*1H. The van der Waals surface area contributed by atoms with Gasteiger partial charge in [0.1, 0.15) is 0 Å². The van der Waals surface area contributed by atoms with Crippen LogP contribution in [0.2, 0.25) is 0 Å². The van der Waals surface area contributed by atoms with E-state index < -0.39 is 0 Å². The summed E-state index contributed by atoms with van der Waals surface area (Å²) in [6, 6.07) is 9.24. The first kappa shape index (κ1) is 20.2. The van der Waals surface area contributed by atoms with Gasteiger partial charge in [0.25, 0.3) is 5.91 Å². The lowest BCUT2D eigenvalue weighted by Gasteiger charge is -2.29. The zero-order valence-corrected chi connectivity index (χ0v) is 16.5. The summed E-state index contributed by atoms with van der Waals surface area (Å²) < 4.78 is 0. The van der Waals surface area contributed by atoms with Gasteiger partial charge in [-0.05, 0) is 44.7 Å². The van der Waals surface area contributed by atoms with Crippen LogP contribution in [0.5, 0.6) is 0 Å². The quantitative estimate of drug-likeness (QED) is 0.820. The van der Waals surface area contributed by atoms with Crippen molar-refractivity contribution in [2.45, 2.75) is 50.7 Å². The molecule has 0 aliphatic carbocycles. The van der Waals surface area contributed by atoms with Crippen LogP contribution in [0.15, 0.2) is 29.6 Å². The van der Waals surface area contributed by atoms with Crippen LogP contribution in [0.4, 0.5) is 0 Å². The molecule has 1 amide bonds. The highest BCUT2D eigenvalue weighted by atomic mass is 35.5. The molecule has 2 aliphatic heterocycles. The average Bonchev–Trinajstić information content (AvgIpc) is 3.13. The number of carbonyl (C=O) groups excluding carboxylic acids is 1. The van der Waals surface area contributed by atoms with Gasteiger partial charge in [0.15, 0.2) is 0 Å². The molecule has 2 bridgehead atoms. The molecule has 2 N–H and O–H groups in total. The van der Waals surface area contributed by atoms with E-state index in [1.165, 1.54) is 12.8 Å². The maximum absolute atomic E-state index is 12.6. The number of benzene rings is 1. The first-order valence-corrected chi connectivity index (χ1v) is 9.15. The zero-order valence-electron chi connectivity index (χ0n) is 14.0. The fraction of sp³-hybridized carbons (Fsp3) is 0.444. The molecule has 2 unspecified atom stereocenters. The SMILES string of the molecule is Cc1nc(-c2cccc(C(=O)NC3CC4CCC(C3)N4)c2)cs1.Cl.Cl. The highest BCUT2D eigenvalue weighted by Gasteiger charge is 2.34. The van der Waals surface area contributed by atoms with E-state index in [0.717, 1.165) is 34.7 Å². The summed E-state index contributed by atoms with van der Waals surface area (Å²) in [6.07, 6.45) is 4.59. The monoisotopic (exact) mass is 399 g/mol. The summed E-state index contributed by atoms with van der Waals surface area (Å²) in [6.45, 7) is 2.00. The number of halogens is 2. The summed E-state index contributed by atoms with van der Waals surface area (Å²) in [4.78, 5) is 17.1. The van der Waals surface area contributed by atoms with Crippen molar-refractivity contribution in [1.29, 1.82) is 0 Å². The highest BCUT2D eigenvalue weighted by molar-refractivity contribution is 7.09. The van der Waals surface area contributed by atoms with Gasteiger partial charge in [-0.1, -0.05) is 12.1 Å². The normalized spacial score (nSPS) is 24.1. The molecule has 3 heterocycles. The minimum atomic E-state index is 0. The van der Waals surface area contributed by atoms with Crippen molar-refractivity contribution in [3.63, 3.8) is 0 Å². The second kappa shape index (κ2) is 8.49. The molecule has 2 saturated heterocycles. The molecule has 0 radical (unpaired) electrons. The molecule has 2 fully saturated rings. The first-order chi connectivity index (χ1) is 11.2. The van der Waals surface area contributed by atoms with Crippen LogP contribution in [0.1, 0.15) is 41.0 Å². The molecule has 2 atom stereocenters. The number of amides is 1. The Labute approximate surface area is 164 Å². The Balaban J connectivity index is 0.00000113. The smallest absolute Gasteiger partial charge is 0.251 e. The van der Waals surface area contributed by atoms with E-state index in [0.29, 0.717) is 18.1 Å². The topological polar surface area (TPSA) is 54.0 Å². The van der Waals surface area contributed by atoms with Gasteiger partial charge in [0, 0.05) is 34.6 Å². The van der Waals surface area contributed by atoms with Gasteiger partial charge < -0.3 is 10.6 Å². The Kier molecular flexibility index (Phi) is 6.86. The number of thiazole rings is 1. The number of nitrogens with one attached hydrogen (secondary N) is 2. The van der Waals surface area contributed by atoms with Gasteiger partial charge in [-0.25, -0.2) is 4.98 Å². The predicted molar refractivity (Wildman–Crippen MR) is 107 cm³/mol. The number of fused-ring (bicyclic) bond motifs is 2. The molecular formula is C18H23Cl2N3OS. The van der Waals surface area contributed by atoms with Crippen LogP contribution in [-0.2, 0) is 0 Å². The molecule has 0 spiro atoms. The molecule has 4 nitrogen and oxygen atoms in total. The summed E-state index contributed by atoms with van der Waals surface area (Å²) in [5.74, 6) is 0.0325. The number of carbonyl (C=O) groups is 1. The van der Waals surface area contributed by atoms with E-state index in [-0.39, 0.29) is 30.7 Å². The number of aromatic nitrogens is 1. The molecule has 4 rings (SSSR count). The van der Waals surface area contributed by atoms with Crippen LogP contribution in [-0.4, -0.2) is 29.0 Å². The molecule has 1 aromatic carbocycles. The lowest BCUT2D eigenvalue weighted by Crippen LogP contribution is -2.48. The third kappa shape index (κ3) is 4.53. The first-order valence-electron chi connectivity index (χ1n) is 8.27. The third-order valence-corrected chi connectivity index (χ3v) is 5.62. The van der Waals surface area contributed by atoms with Gasteiger partial charge in [-0.2, -0.15) is 0 Å². The Morgan fingerprint density at radius 1 is 1.24 bits per heavy atom. The molecule has 1 aromatic heterocycles. The van der Waals surface area contributed by atoms with E-state index in [1.54, 1.807) is 11.3 Å². The molecule has 2 aliphatic rings. The van der Waals surface area contributed by atoms with Gasteiger partial charge in [0.2, 0.25) is 0 Å². The Morgan fingerprint density at radius 2 is 1.96 bits per heavy atom. The molecule has 7 heteroatoms. The van der Waals surface area contributed by atoms with E-state index in [4.69, 9.17) is 0 Å². The molecule has 136 valence electrons. The number of piperidine rings is 1. The van der Waals surface area contributed by atoms with Crippen molar-refractivity contribution in [3.05, 3.63) is 40.2 Å². The number of hydrogen-bond donors (Lipinski definition) is 2. The van der Waals surface area contributed by atoms with E-state index in [9.17, 15) is 4.79 Å². The minimum Gasteiger partial charge on any atom is -0.349 e. The lowest BCUT2D eigenvalue weighted by molar-refractivity contribution is 0.0924. The van der Waals surface area contributed by atoms with Crippen molar-refractivity contribution < 1.29 is 4.79 Å². The van der Waals surface area contributed by atoms with Crippen LogP contribution in [0, 0.1) is 6.92 Å². The lowest BCUT2D eigenvalue weighted by atomic mass is 9.99. The Morgan fingerprint density at radius 3 is 2.60 bits per heavy atom. The summed E-state index contributed by atoms with van der Waals surface area (Å²) in [5.41, 5.74) is 2.67. The largest absolute Gasteiger partial charge is 0.349 e. The number of nitrogens with zero attached hydrogens (tertiary/aromatic N) is 1. The predicted octanol–water partition coefficient (Wildman–Crippen LogP) is 3.97. The number of rotatable bonds is 3. The summed E-state index contributed by atoms with van der Waals surface area (Å²) in [7, 11) is 0. The molecular weight excluding hydrogens is 377 g/mol. The van der Waals surface area contributed by atoms with Gasteiger partial charge in [-0.3, -0.25) is 4.79 Å².